The molecule has 0 spiro atoms. The summed E-state index contributed by atoms with van der Waals surface area (Å²) in [5.41, 5.74) is 1.33. The van der Waals surface area contributed by atoms with Crippen molar-refractivity contribution in [1.82, 2.24) is 29.8 Å². The lowest BCUT2D eigenvalue weighted by atomic mass is 9.89. The Morgan fingerprint density at radius 3 is 3.03 bits per heavy atom. The van der Waals surface area contributed by atoms with Crippen molar-refractivity contribution in [1.29, 1.82) is 0 Å². The number of hydrogen-bond acceptors (Lipinski definition) is 8. The van der Waals surface area contributed by atoms with Crippen LogP contribution in [0, 0.1) is 5.92 Å². The fourth-order valence-electron chi connectivity index (χ4n) is 4.61. The van der Waals surface area contributed by atoms with Gasteiger partial charge >= 0.3 is 0 Å². The zero-order chi connectivity index (χ0) is 22.1. The SMILES string of the molecule is CCCCn1nnnc1CSc1nc2sc3c(c2c(=O)n1C[C@H]1CCCO1)CC[C@@H](C)C3. The molecule has 0 aromatic carbocycles. The molecule has 0 radical (unpaired) electrons. The summed E-state index contributed by atoms with van der Waals surface area (Å²) in [6.07, 6.45) is 7.42. The van der Waals surface area contributed by atoms with Crippen LogP contribution in [0.2, 0.25) is 0 Å². The van der Waals surface area contributed by atoms with Gasteiger partial charge in [0.25, 0.3) is 5.56 Å². The summed E-state index contributed by atoms with van der Waals surface area (Å²) in [5.74, 6) is 2.07. The molecule has 8 nitrogen and oxygen atoms in total. The molecule has 2 atom stereocenters. The lowest BCUT2D eigenvalue weighted by Crippen LogP contribution is -2.29. The van der Waals surface area contributed by atoms with Crippen LogP contribution < -0.4 is 5.56 Å². The number of rotatable bonds is 8. The quantitative estimate of drug-likeness (QED) is 0.362. The number of thioether (sulfide) groups is 1. The molecule has 0 saturated carbocycles. The molecule has 0 N–H and O–H groups in total. The number of ether oxygens (including phenoxy) is 1. The molecule has 10 heteroatoms. The number of aryl methyl sites for hydroxylation is 2. The average Bonchev–Trinajstić information content (AvgIpc) is 3.52. The van der Waals surface area contributed by atoms with E-state index >= 15 is 0 Å². The average molecular weight is 475 g/mol. The molecular weight excluding hydrogens is 444 g/mol. The summed E-state index contributed by atoms with van der Waals surface area (Å²) in [7, 11) is 0. The Hall–Kier alpha value is -1.78. The van der Waals surface area contributed by atoms with Gasteiger partial charge in [-0.05, 0) is 60.4 Å². The van der Waals surface area contributed by atoms with Gasteiger partial charge in [-0.1, -0.05) is 32.0 Å². The first-order valence-electron chi connectivity index (χ1n) is 11.7. The molecule has 0 unspecified atom stereocenters. The summed E-state index contributed by atoms with van der Waals surface area (Å²) in [6.45, 7) is 6.59. The summed E-state index contributed by atoms with van der Waals surface area (Å²) in [6, 6.07) is 0. The first kappa shape index (κ1) is 22.0. The van der Waals surface area contributed by atoms with Crippen molar-refractivity contribution in [2.45, 2.75) is 88.9 Å². The van der Waals surface area contributed by atoms with Gasteiger partial charge in [-0.15, -0.1) is 16.4 Å². The molecule has 1 saturated heterocycles. The van der Waals surface area contributed by atoms with Crippen LogP contribution in [0.5, 0.6) is 0 Å². The fourth-order valence-corrected chi connectivity index (χ4v) is 6.97. The zero-order valence-corrected chi connectivity index (χ0v) is 20.4. The van der Waals surface area contributed by atoms with Crippen molar-refractivity contribution < 1.29 is 4.74 Å². The minimum atomic E-state index is 0.0793. The highest BCUT2D eigenvalue weighted by Gasteiger charge is 2.26. The second kappa shape index (κ2) is 9.61. The number of hydrogen-bond donors (Lipinski definition) is 0. The normalized spacial score (nSPS) is 20.8. The summed E-state index contributed by atoms with van der Waals surface area (Å²) < 4.78 is 9.59. The monoisotopic (exact) mass is 474 g/mol. The summed E-state index contributed by atoms with van der Waals surface area (Å²) in [4.78, 5) is 21.0. The van der Waals surface area contributed by atoms with E-state index in [4.69, 9.17) is 9.72 Å². The third-order valence-corrected chi connectivity index (χ3v) is 8.57. The van der Waals surface area contributed by atoms with Gasteiger partial charge in [-0.3, -0.25) is 9.36 Å². The van der Waals surface area contributed by atoms with Crippen molar-refractivity contribution in [2.24, 2.45) is 5.92 Å². The highest BCUT2D eigenvalue weighted by Crippen LogP contribution is 2.37. The maximum Gasteiger partial charge on any atom is 0.263 e. The smallest absolute Gasteiger partial charge is 0.263 e. The molecular formula is C22H30N6O2S2. The Bertz CT molecular complexity index is 1150. The van der Waals surface area contributed by atoms with E-state index in [0.29, 0.717) is 18.2 Å². The lowest BCUT2D eigenvalue weighted by molar-refractivity contribution is 0.0937. The van der Waals surface area contributed by atoms with Crippen molar-refractivity contribution in [3.63, 3.8) is 0 Å². The molecule has 32 heavy (non-hydrogen) atoms. The van der Waals surface area contributed by atoms with Crippen LogP contribution in [0.1, 0.15) is 62.2 Å². The molecule has 0 amide bonds. The van der Waals surface area contributed by atoms with Gasteiger partial charge < -0.3 is 4.74 Å². The van der Waals surface area contributed by atoms with Crippen molar-refractivity contribution in [2.75, 3.05) is 6.61 Å². The number of nitrogens with zero attached hydrogens (tertiary/aromatic N) is 6. The topological polar surface area (TPSA) is 87.7 Å². The molecule has 1 aliphatic carbocycles. The van der Waals surface area contributed by atoms with Crippen LogP contribution in [0.15, 0.2) is 9.95 Å². The largest absolute Gasteiger partial charge is 0.376 e. The Kier molecular flexibility index (Phi) is 6.61. The van der Waals surface area contributed by atoms with E-state index in [1.165, 1.54) is 10.4 Å². The minimum Gasteiger partial charge on any atom is -0.376 e. The van der Waals surface area contributed by atoms with Gasteiger partial charge in [0, 0.05) is 18.0 Å². The van der Waals surface area contributed by atoms with E-state index in [2.05, 4.69) is 29.4 Å². The van der Waals surface area contributed by atoms with Gasteiger partial charge in [-0.2, -0.15) is 0 Å². The predicted octanol–water partition coefficient (Wildman–Crippen LogP) is 3.84. The molecule has 2 aliphatic rings. The Balaban J connectivity index is 1.50. The number of unbranched alkanes of at least 4 members (excludes halogenated alkanes) is 1. The molecule has 4 heterocycles. The standard InChI is InChI=1S/C22H30N6O2S2/c1-3-4-9-28-18(24-25-26-28)13-31-22-23-20-19(16-8-7-14(2)11-17(16)32-20)21(29)27(22)12-15-6-5-10-30-15/h14-15H,3-13H2,1-2H3/t14-,15-/m1/s1. The van der Waals surface area contributed by atoms with Crippen LogP contribution >= 0.6 is 23.1 Å². The molecule has 1 aliphatic heterocycles. The third-order valence-electron chi connectivity index (χ3n) is 6.45. The van der Waals surface area contributed by atoms with Gasteiger partial charge in [0.15, 0.2) is 11.0 Å². The van der Waals surface area contributed by atoms with Gasteiger partial charge in [0.1, 0.15) is 4.83 Å². The second-order valence-electron chi connectivity index (χ2n) is 8.94. The van der Waals surface area contributed by atoms with Gasteiger partial charge in [-0.25, -0.2) is 9.67 Å². The molecule has 3 aromatic heterocycles. The van der Waals surface area contributed by atoms with Crippen molar-refractivity contribution in [3.8, 4) is 0 Å². The Morgan fingerprint density at radius 1 is 1.31 bits per heavy atom. The molecule has 3 aromatic rings. The minimum absolute atomic E-state index is 0.0793. The first-order chi connectivity index (χ1) is 15.6. The Labute approximate surface area is 195 Å². The predicted molar refractivity (Wildman–Crippen MR) is 126 cm³/mol. The molecule has 5 rings (SSSR count). The van der Waals surface area contributed by atoms with Crippen LogP contribution in [-0.2, 0) is 36.4 Å². The van der Waals surface area contributed by atoms with Gasteiger partial charge in [0.05, 0.1) is 23.8 Å². The highest BCUT2D eigenvalue weighted by atomic mass is 32.2. The lowest BCUT2D eigenvalue weighted by Gasteiger charge is -2.18. The summed E-state index contributed by atoms with van der Waals surface area (Å²) >= 11 is 3.26. The van der Waals surface area contributed by atoms with Crippen LogP contribution in [0.4, 0.5) is 0 Å². The van der Waals surface area contributed by atoms with Crippen LogP contribution in [0.3, 0.4) is 0 Å². The van der Waals surface area contributed by atoms with E-state index in [1.807, 2.05) is 9.25 Å². The van der Waals surface area contributed by atoms with Gasteiger partial charge in [0.2, 0.25) is 0 Å². The Morgan fingerprint density at radius 2 is 2.22 bits per heavy atom. The zero-order valence-electron chi connectivity index (χ0n) is 18.7. The third kappa shape index (κ3) is 4.36. The molecule has 1 fully saturated rings. The van der Waals surface area contributed by atoms with Crippen molar-refractivity contribution >= 4 is 33.3 Å². The molecule has 0 bridgehead atoms. The number of aromatic nitrogens is 6. The van der Waals surface area contributed by atoms with Crippen LogP contribution in [-0.4, -0.2) is 42.5 Å². The maximum atomic E-state index is 13.7. The maximum absolute atomic E-state index is 13.7. The molecule has 172 valence electrons. The van der Waals surface area contributed by atoms with E-state index in [1.54, 1.807) is 23.1 Å². The number of thiophene rings is 1. The summed E-state index contributed by atoms with van der Waals surface area (Å²) in [5, 5.41) is 13.8. The van der Waals surface area contributed by atoms with Crippen molar-refractivity contribution in [3.05, 3.63) is 26.6 Å². The number of fused-ring (bicyclic) bond motifs is 3. The fraction of sp³-hybridized carbons (Fsp3) is 0.682. The highest BCUT2D eigenvalue weighted by molar-refractivity contribution is 7.98. The second-order valence-corrected chi connectivity index (χ2v) is 11.0. The van der Waals surface area contributed by atoms with E-state index in [-0.39, 0.29) is 11.7 Å². The number of tetrazole rings is 1. The van der Waals surface area contributed by atoms with E-state index in [0.717, 1.165) is 79.3 Å². The van der Waals surface area contributed by atoms with Crippen LogP contribution in [0.25, 0.3) is 10.2 Å². The van der Waals surface area contributed by atoms with E-state index in [9.17, 15) is 4.79 Å². The van der Waals surface area contributed by atoms with E-state index < -0.39 is 0 Å². The first-order valence-corrected chi connectivity index (χ1v) is 13.5.